The molecule has 14 heavy (non-hydrogen) atoms. The molecule has 1 aromatic carbocycles. The van der Waals surface area contributed by atoms with E-state index in [0.717, 1.165) is 16.2 Å². The minimum Gasteiger partial charge on any atom is -0.0936 e. The van der Waals surface area contributed by atoms with Gasteiger partial charge in [-0.2, -0.15) is 0 Å². The highest BCUT2D eigenvalue weighted by molar-refractivity contribution is 8.09. The quantitative estimate of drug-likeness (QED) is 0.515. The van der Waals surface area contributed by atoms with Gasteiger partial charge in [-0.25, -0.2) is 0 Å². The molecular formula is C12H10S2. The lowest BCUT2D eigenvalue weighted by atomic mass is 10.2. The summed E-state index contributed by atoms with van der Waals surface area (Å²) in [4.78, 5) is 3.34. The van der Waals surface area contributed by atoms with Gasteiger partial charge < -0.3 is 0 Å². The molecule has 0 unspecified atom stereocenters. The number of benzene rings is 1. The van der Waals surface area contributed by atoms with Crippen LogP contribution in [0.1, 0.15) is 12.0 Å². The average Bonchev–Trinajstić information content (AvgIpc) is 2.47. The second kappa shape index (κ2) is 4.11. The van der Waals surface area contributed by atoms with Crippen LogP contribution >= 0.6 is 24.0 Å². The fourth-order valence-electron chi connectivity index (χ4n) is 1.33. The molecule has 0 aliphatic carbocycles. The Bertz CT molecular complexity index is 402. The molecule has 0 nitrogen and oxygen atoms in total. The molecule has 0 atom stereocenters. The molecule has 1 aliphatic heterocycles. The summed E-state index contributed by atoms with van der Waals surface area (Å²) in [6.07, 6.45) is 2.99. The third kappa shape index (κ3) is 2.14. The highest BCUT2D eigenvalue weighted by atomic mass is 32.2. The van der Waals surface area contributed by atoms with E-state index in [2.05, 4.69) is 24.8 Å². The van der Waals surface area contributed by atoms with Crippen molar-refractivity contribution < 1.29 is 0 Å². The van der Waals surface area contributed by atoms with Crippen molar-refractivity contribution in [3.05, 3.63) is 52.3 Å². The van der Waals surface area contributed by atoms with Crippen LogP contribution in [0.5, 0.6) is 0 Å². The first-order valence-electron chi connectivity index (χ1n) is 4.41. The van der Waals surface area contributed by atoms with Crippen LogP contribution in [0, 0.1) is 0 Å². The maximum Gasteiger partial charge on any atom is 0.0340 e. The molecule has 1 heterocycles. The van der Waals surface area contributed by atoms with E-state index in [1.54, 1.807) is 11.8 Å². The van der Waals surface area contributed by atoms with Crippen molar-refractivity contribution in [3.63, 3.8) is 0 Å². The standard InChI is InChI=1S/C12H10S2/c1-9-7-11(13)12(14-9)8-10-5-3-2-4-6-10/h2-6,8H,1,7H2/b12-8+. The topological polar surface area (TPSA) is 0 Å². The van der Waals surface area contributed by atoms with Gasteiger partial charge in [0.15, 0.2) is 0 Å². The molecule has 0 amide bonds. The first kappa shape index (κ1) is 9.69. The third-order valence-corrected chi connectivity index (χ3v) is 3.49. The molecule has 2 heteroatoms. The van der Waals surface area contributed by atoms with Crippen molar-refractivity contribution in [2.24, 2.45) is 0 Å². The van der Waals surface area contributed by atoms with Crippen LogP contribution < -0.4 is 0 Å². The molecule has 1 aliphatic rings. The largest absolute Gasteiger partial charge is 0.0936 e. The van der Waals surface area contributed by atoms with Gasteiger partial charge in [0, 0.05) is 16.2 Å². The van der Waals surface area contributed by atoms with Gasteiger partial charge in [0.1, 0.15) is 0 Å². The maximum atomic E-state index is 5.27. The first-order chi connectivity index (χ1) is 6.75. The Morgan fingerprint density at radius 1 is 1.29 bits per heavy atom. The van der Waals surface area contributed by atoms with Gasteiger partial charge in [-0.15, -0.1) is 0 Å². The molecule has 0 N–H and O–H groups in total. The highest BCUT2D eigenvalue weighted by Crippen LogP contribution is 2.38. The monoisotopic (exact) mass is 218 g/mol. The van der Waals surface area contributed by atoms with Crippen LogP contribution in [0.25, 0.3) is 6.08 Å². The number of thiocarbonyl (C=S) groups is 1. The van der Waals surface area contributed by atoms with E-state index < -0.39 is 0 Å². The van der Waals surface area contributed by atoms with E-state index in [0.29, 0.717) is 0 Å². The molecule has 2 rings (SSSR count). The minimum absolute atomic E-state index is 0.860. The zero-order valence-electron chi connectivity index (χ0n) is 7.69. The molecule has 0 bridgehead atoms. The van der Waals surface area contributed by atoms with Crippen molar-refractivity contribution in [1.29, 1.82) is 0 Å². The van der Waals surface area contributed by atoms with Crippen molar-refractivity contribution in [2.75, 3.05) is 0 Å². The smallest absolute Gasteiger partial charge is 0.0340 e. The van der Waals surface area contributed by atoms with Crippen LogP contribution in [0.3, 0.4) is 0 Å². The van der Waals surface area contributed by atoms with Gasteiger partial charge in [0.2, 0.25) is 0 Å². The van der Waals surface area contributed by atoms with Crippen LogP contribution in [0.15, 0.2) is 46.7 Å². The lowest BCUT2D eigenvalue weighted by Crippen LogP contribution is -1.85. The molecule has 1 fully saturated rings. The Morgan fingerprint density at radius 2 is 2.00 bits per heavy atom. The van der Waals surface area contributed by atoms with Gasteiger partial charge in [-0.05, 0) is 16.5 Å². The Labute approximate surface area is 93.7 Å². The lowest BCUT2D eigenvalue weighted by Gasteiger charge is -1.95. The highest BCUT2D eigenvalue weighted by Gasteiger charge is 2.17. The zero-order valence-corrected chi connectivity index (χ0v) is 9.33. The Balaban J connectivity index is 2.28. The first-order valence-corrected chi connectivity index (χ1v) is 5.64. The van der Waals surface area contributed by atoms with Crippen molar-refractivity contribution in [1.82, 2.24) is 0 Å². The van der Waals surface area contributed by atoms with E-state index >= 15 is 0 Å². The number of allylic oxidation sites excluding steroid dienone is 2. The fraction of sp³-hybridized carbons (Fsp3) is 0.0833. The number of rotatable bonds is 1. The van der Waals surface area contributed by atoms with E-state index in [1.165, 1.54) is 10.5 Å². The molecule has 1 aromatic rings. The Kier molecular flexibility index (Phi) is 2.85. The predicted octanol–water partition coefficient (Wildman–Crippen LogP) is 4.05. The van der Waals surface area contributed by atoms with Crippen LogP contribution in [0.4, 0.5) is 0 Å². The molecule has 70 valence electrons. The van der Waals surface area contributed by atoms with Gasteiger partial charge in [-0.3, -0.25) is 0 Å². The molecule has 0 radical (unpaired) electrons. The molecule has 0 saturated carbocycles. The third-order valence-electron chi connectivity index (χ3n) is 1.98. The summed E-state index contributed by atoms with van der Waals surface area (Å²) < 4.78 is 0. The van der Waals surface area contributed by atoms with Gasteiger partial charge in [0.05, 0.1) is 0 Å². The Hall–Kier alpha value is -0.860. The van der Waals surface area contributed by atoms with Crippen molar-refractivity contribution >= 4 is 34.9 Å². The summed E-state index contributed by atoms with van der Waals surface area (Å²) in [7, 11) is 0. The van der Waals surface area contributed by atoms with Crippen molar-refractivity contribution in [2.45, 2.75) is 6.42 Å². The van der Waals surface area contributed by atoms with E-state index in [-0.39, 0.29) is 0 Å². The van der Waals surface area contributed by atoms with Crippen molar-refractivity contribution in [3.8, 4) is 0 Å². The van der Waals surface area contributed by atoms with Crippen LogP contribution in [-0.4, -0.2) is 4.86 Å². The van der Waals surface area contributed by atoms with E-state index in [9.17, 15) is 0 Å². The summed E-state index contributed by atoms with van der Waals surface area (Å²) >= 11 is 6.96. The van der Waals surface area contributed by atoms with Gasteiger partial charge in [0.25, 0.3) is 0 Å². The lowest BCUT2D eigenvalue weighted by molar-refractivity contribution is 1.54. The number of hydrogen-bond donors (Lipinski definition) is 0. The van der Waals surface area contributed by atoms with Gasteiger partial charge >= 0.3 is 0 Å². The predicted molar refractivity (Wildman–Crippen MR) is 68.4 cm³/mol. The number of hydrogen-bond acceptors (Lipinski definition) is 2. The average molecular weight is 218 g/mol. The maximum absolute atomic E-state index is 5.27. The van der Waals surface area contributed by atoms with E-state index in [1.807, 2.05) is 18.2 Å². The fourth-order valence-corrected chi connectivity index (χ4v) is 2.68. The molecular weight excluding hydrogens is 208 g/mol. The normalized spacial score (nSPS) is 19.3. The van der Waals surface area contributed by atoms with Crippen LogP contribution in [0.2, 0.25) is 0 Å². The summed E-state index contributed by atoms with van der Waals surface area (Å²) in [5, 5.41) is 0. The summed E-state index contributed by atoms with van der Waals surface area (Å²) in [5.74, 6) is 0. The Morgan fingerprint density at radius 3 is 2.57 bits per heavy atom. The molecule has 1 saturated heterocycles. The zero-order chi connectivity index (χ0) is 9.97. The number of thioether (sulfide) groups is 1. The van der Waals surface area contributed by atoms with Gasteiger partial charge in [-0.1, -0.05) is 60.9 Å². The second-order valence-corrected chi connectivity index (χ2v) is 4.87. The minimum atomic E-state index is 0.860. The second-order valence-electron chi connectivity index (χ2n) is 3.16. The van der Waals surface area contributed by atoms with E-state index in [4.69, 9.17) is 12.2 Å². The SMILES string of the molecule is C=C1CC(=S)/C(=C\c2ccccc2)S1. The molecule has 0 spiro atoms. The molecule has 0 aromatic heterocycles. The summed E-state index contributed by atoms with van der Waals surface area (Å²) in [6, 6.07) is 10.2. The summed E-state index contributed by atoms with van der Waals surface area (Å²) in [5.41, 5.74) is 1.20. The summed E-state index contributed by atoms with van der Waals surface area (Å²) in [6.45, 7) is 3.93. The van der Waals surface area contributed by atoms with Crippen LogP contribution in [-0.2, 0) is 0 Å².